The molecule has 1 amide bonds. The SMILES string of the molecule is CCN(CC(=O)N[C@H]1CCS(=O)(=O)C1)S(=O)(=O)c1cc([N+](=O)[O-])ccc1C. The Morgan fingerprint density at radius 1 is 1.41 bits per heavy atom. The number of nitrogens with one attached hydrogen (secondary N) is 1. The van der Waals surface area contributed by atoms with Gasteiger partial charge in [-0.3, -0.25) is 14.9 Å². The minimum absolute atomic E-state index is 0.0133. The maximum atomic E-state index is 12.9. The van der Waals surface area contributed by atoms with E-state index < -0.39 is 43.3 Å². The predicted molar refractivity (Wildman–Crippen MR) is 97.5 cm³/mol. The van der Waals surface area contributed by atoms with Crippen molar-refractivity contribution in [3.63, 3.8) is 0 Å². The van der Waals surface area contributed by atoms with Crippen LogP contribution >= 0.6 is 0 Å². The highest BCUT2D eigenvalue weighted by molar-refractivity contribution is 7.91. The van der Waals surface area contributed by atoms with Crippen molar-refractivity contribution < 1.29 is 26.6 Å². The Labute approximate surface area is 157 Å². The number of nitrogens with zero attached hydrogens (tertiary/aromatic N) is 2. The number of sulfonamides is 1. The van der Waals surface area contributed by atoms with Crippen LogP contribution in [0.5, 0.6) is 0 Å². The van der Waals surface area contributed by atoms with Crippen LogP contribution in [0, 0.1) is 17.0 Å². The number of nitro benzene ring substituents is 1. The van der Waals surface area contributed by atoms with E-state index in [4.69, 9.17) is 0 Å². The average Bonchev–Trinajstić information content (AvgIpc) is 2.90. The van der Waals surface area contributed by atoms with Crippen LogP contribution in [0.3, 0.4) is 0 Å². The van der Waals surface area contributed by atoms with Gasteiger partial charge in [-0.05, 0) is 18.9 Å². The summed E-state index contributed by atoms with van der Waals surface area (Å²) in [6.45, 7) is 2.52. The maximum absolute atomic E-state index is 12.9. The first-order valence-corrected chi connectivity index (χ1v) is 11.5. The van der Waals surface area contributed by atoms with Crippen LogP contribution in [-0.4, -0.2) is 62.6 Å². The Kier molecular flexibility index (Phi) is 6.22. The standard InChI is InChI=1S/C15H21N3O7S2/c1-3-17(9-15(19)16-12-6-7-26(22,23)10-12)27(24,25)14-8-13(18(20)21)5-4-11(14)2/h4-5,8,12H,3,6-7,9-10H2,1-2H3,(H,16,19)/t12-/m0/s1. The second-order valence-corrected chi connectivity index (χ2v) is 10.4. The van der Waals surface area contributed by atoms with Crippen molar-refractivity contribution in [3.8, 4) is 0 Å². The molecule has 1 heterocycles. The molecule has 1 aliphatic heterocycles. The van der Waals surface area contributed by atoms with Crippen molar-refractivity contribution in [1.29, 1.82) is 0 Å². The van der Waals surface area contributed by atoms with Crippen molar-refractivity contribution >= 4 is 31.5 Å². The van der Waals surface area contributed by atoms with Gasteiger partial charge in [-0.25, -0.2) is 16.8 Å². The van der Waals surface area contributed by atoms with Crippen LogP contribution in [-0.2, 0) is 24.7 Å². The zero-order chi connectivity index (χ0) is 20.4. The number of likely N-dealkylation sites (N-methyl/N-ethyl adjacent to an activating group) is 1. The summed E-state index contributed by atoms with van der Waals surface area (Å²) in [7, 11) is -7.32. The van der Waals surface area contributed by atoms with Gasteiger partial charge in [0.15, 0.2) is 9.84 Å². The van der Waals surface area contributed by atoms with Crippen LogP contribution in [0.25, 0.3) is 0 Å². The molecule has 12 heteroatoms. The van der Waals surface area contributed by atoms with Crippen LogP contribution < -0.4 is 5.32 Å². The Morgan fingerprint density at radius 3 is 2.59 bits per heavy atom. The minimum Gasteiger partial charge on any atom is -0.351 e. The Morgan fingerprint density at radius 2 is 2.07 bits per heavy atom. The number of hydrogen-bond acceptors (Lipinski definition) is 7. The second kappa shape index (κ2) is 7.90. The fraction of sp³-hybridized carbons (Fsp3) is 0.533. The molecule has 1 aliphatic rings. The predicted octanol–water partition coefficient (Wildman–Crippen LogP) is 0.217. The summed E-state index contributed by atoms with van der Waals surface area (Å²) in [4.78, 5) is 22.2. The molecule has 1 fully saturated rings. The van der Waals surface area contributed by atoms with Gasteiger partial charge >= 0.3 is 0 Å². The molecular formula is C15H21N3O7S2. The van der Waals surface area contributed by atoms with Crippen LogP contribution in [0.2, 0.25) is 0 Å². The number of benzene rings is 1. The van der Waals surface area contributed by atoms with Crippen LogP contribution in [0.4, 0.5) is 5.69 Å². The molecular weight excluding hydrogens is 398 g/mol. The number of sulfone groups is 1. The quantitative estimate of drug-likeness (QED) is 0.491. The maximum Gasteiger partial charge on any atom is 0.270 e. The fourth-order valence-electron chi connectivity index (χ4n) is 2.83. The van der Waals surface area contributed by atoms with E-state index in [1.807, 2.05) is 0 Å². The number of carbonyl (C=O) groups is 1. The summed E-state index contributed by atoms with van der Waals surface area (Å²) in [5, 5.41) is 13.5. The Bertz CT molecular complexity index is 958. The normalized spacial score (nSPS) is 19.1. The largest absolute Gasteiger partial charge is 0.351 e. The molecule has 1 aromatic carbocycles. The topological polar surface area (TPSA) is 144 Å². The van der Waals surface area contributed by atoms with Crippen molar-refractivity contribution in [2.45, 2.75) is 31.2 Å². The molecule has 2 rings (SSSR count). The first-order valence-electron chi connectivity index (χ1n) is 8.21. The molecule has 0 aliphatic carbocycles. The third kappa shape index (κ3) is 5.02. The lowest BCUT2D eigenvalue weighted by Crippen LogP contribution is -2.44. The van der Waals surface area contributed by atoms with Crippen molar-refractivity contribution in [2.24, 2.45) is 0 Å². The summed E-state index contributed by atoms with van der Waals surface area (Å²) < 4.78 is 49.5. The molecule has 1 N–H and O–H groups in total. The van der Waals surface area contributed by atoms with Gasteiger partial charge in [-0.15, -0.1) is 0 Å². The zero-order valence-corrected chi connectivity index (χ0v) is 16.5. The molecule has 0 bridgehead atoms. The Hall–Kier alpha value is -2.05. The van der Waals surface area contributed by atoms with Crippen molar-refractivity contribution in [2.75, 3.05) is 24.6 Å². The van der Waals surface area contributed by atoms with Gasteiger partial charge in [0.05, 0.1) is 27.9 Å². The summed E-state index contributed by atoms with van der Waals surface area (Å²) in [5.41, 5.74) is -0.0443. The van der Waals surface area contributed by atoms with E-state index in [2.05, 4.69) is 5.32 Å². The number of amides is 1. The zero-order valence-electron chi connectivity index (χ0n) is 14.9. The van der Waals surface area contributed by atoms with E-state index in [1.54, 1.807) is 0 Å². The minimum atomic E-state index is -4.14. The smallest absolute Gasteiger partial charge is 0.270 e. The number of carbonyl (C=O) groups excluding carboxylic acids is 1. The molecule has 1 aromatic rings. The average molecular weight is 419 g/mol. The van der Waals surface area contributed by atoms with Gasteiger partial charge in [-0.2, -0.15) is 4.31 Å². The summed E-state index contributed by atoms with van der Waals surface area (Å²) >= 11 is 0. The van der Waals surface area contributed by atoms with E-state index in [9.17, 15) is 31.7 Å². The first-order chi connectivity index (χ1) is 12.5. The first kappa shape index (κ1) is 21.3. The highest BCUT2D eigenvalue weighted by Gasteiger charge is 2.32. The lowest BCUT2D eigenvalue weighted by atomic mass is 10.2. The van der Waals surface area contributed by atoms with E-state index in [1.165, 1.54) is 26.0 Å². The lowest BCUT2D eigenvalue weighted by molar-refractivity contribution is -0.385. The molecule has 0 saturated carbocycles. The van der Waals surface area contributed by atoms with Gasteiger partial charge in [0.1, 0.15) is 0 Å². The van der Waals surface area contributed by atoms with Gasteiger partial charge in [0, 0.05) is 24.7 Å². The Balaban J connectivity index is 2.19. The highest BCUT2D eigenvalue weighted by Crippen LogP contribution is 2.24. The third-order valence-electron chi connectivity index (χ3n) is 4.27. The molecule has 1 saturated heterocycles. The molecule has 27 heavy (non-hydrogen) atoms. The third-order valence-corrected chi connectivity index (χ3v) is 8.10. The number of aryl methyl sites for hydroxylation is 1. The van der Waals surface area contributed by atoms with Gasteiger partial charge in [0.2, 0.25) is 15.9 Å². The molecule has 0 aromatic heterocycles. The monoisotopic (exact) mass is 419 g/mol. The number of hydrogen-bond donors (Lipinski definition) is 1. The summed E-state index contributed by atoms with van der Waals surface area (Å²) in [6, 6.07) is 2.97. The lowest BCUT2D eigenvalue weighted by Gasteiger charge is -2.22. The molecule has 0 spiro atoms. The molecule has 10 nitrogen and oxygen atoms in total. The van der Waals surface area contributed by atoms with E-state index >= 15 is 0 Å². The molecule has 0 radical (unpaired) electrons. The van der Waals surface area contributed by atoms with E-state index in [0.717, 1.165) is 10.4 Å². The van der Waals surface area contributed by atoms with E-state index in [0.29, 0.717) is 5.56 Å². The summed E-state index contributed by atoms with van der Waals surface area (Å²) in [6.07, 6.45) is 0.289. The fourth-order valence-corrected chi connectivity index (χ4v) is 6.15. The molecule has 0 unspecified atom stereocenters. The molecule has 150 valence electrons. The van der Waals surface area contributed by atoms with E-state index in [-0.39, 0.29) is 35.1 Å². The van der Waals surface area contributed by atoms with Gasteiger partial charge in [0.25, 0.3) is 5.69 Å². The van der Waals surface area contributed by atoms with Crippen molar-refractivity contribution in [1.82, 2.24) is 9.62 Å². The summed E-state index contributed by atoms with van der Waals surface area (Å²) in [5.74, 6) is -0.798. The van der Waals surface area contributed by atoms with Crippen LogP contribution in [0.1, 0.15) is 18.9 Å². The number of non-ortho nitro benzene ring substituents is 1. The second-order valence-electron chi connectivity index (χ2n) is 6.31. The van der Waals surface area contributed by atoms with Gasteiger partial charge in [-0.1, -0.05) is 13.0 Å². The van der Waals surface area contributed by atoms with Crippen molar-refractivity contribution in [3.05, 3.63) is 33.9 Å². The number of rotatable bonds is 7. The highest BCUT2D eigenvalue weighted by atomic mass is 32.2. The van der Waals surface area contributed by atoms with Gasteiger partial charge < -0.3 is 5.32 Å². The van der Waals surface area contributed by atoms with Crippen LogP contribution in [0.15, 0.2) is 23.1 Å². The number of nitro groups is 1. The molecule has 1 atom stereocenters.